The van der Waals surface area contributed by atoms with Crippen LogP contribution in [-0.2, 0) is 4.79 Å². The molecule has 0 aromatic carbocycles. The number of carbonyl (C=O) groups is 1. The van der Waals surface area contributed by atoms with Crippen LogP contribution < -0.4 is 10.2 Å². The van der Waals surface area contributed by atoms with Crippen LogP contribution in [0.25, 0.3) is 10.2 Å². The average molecular weight is 348 g/mol. The number of amides is 1. The number of nitrogens with one attached hydrogen (secondary N) is 1. The van der Waals surface area contributed by atoms with E-state index in [0.29, 0.717) is 6.54 Å². The van der Waals surface area contributed by atoms with E-state index in [9.17, 15) is 9.90 Å². The normalized spacial score (nSPS) is 17.2. The second-order valence-electron chi connectivity index (χ2n) is 6.52. The molecule has 1 unspecified atom stereocenters. The SMILES string of the molecule is Cc1sc2ncnc(N3CCC(C(=O)NCC(C)O)CC3)c2c1C. The van der Waals surface area contributed by atoms with Gasteiger partial charge in [-0.2, -0.15) is 0 Å². The van der Waals surface area contributed by atoms with Gasteiger partial charge < -0.3 is 15.3 Å². The molecule has 2 N–H and O–H groups in total. The van der Waals surface area contributed by atoms with Crippen molar-refractivity contribution in [2.24, 2.45) is 5.92 Å². The Morgan fingerprint density at radius 1 is 1.42 bits per heavy atom. The van der Waals surface area contributed by atoms with E-state index in [-0.39, 0.29) is 11.8 Å². The third-order valence-corrected chi connectivity index (χ3v) is 5.80. The van der Waals surface area contributed by atoms with Crippen molar-refractivity contribution in [1.82, 2.24) is 15.3 Å². The number of nitrogens with zero attached hydrogens (tertiary/aromatic N) is 3. The molecule has 6 nitrogen and oxygen atoms in total. The molecule has 1 fully saturated rings. The third-order valence-electron chi connectivity index (χ3n) is 4.68. The van der Waals surface area contributed by atoms with Gasteiger partial charge in [0, 0.05) is 30.4 Å². The summed E-state index contributed by atoms with van der Waals surface area (Å²) < 4.78 is 0. The van der Waals surface area contributed by atoms with E-state index in [2.05, 4.69) is 34.0 Å². The maximum absolute atomic E-state index is 12.2. The van der Waals surface area contributed by atoms with Crippen LogP contribution in [0.3, 0.4) is 0 Å². The maximum atomic E-state index is 12.2. The Labute approximate surface area is 145 Å². The van der Waals surface area contributed by atoms with Crippen LogP contribution in [-0.4, -0.2) is 46.7 Å². The summed E-state index contributed by atoms with van der Waals surface area (Å²) in [6.07, 6.45) is 2.74. The number of aromatic nitrogens is 2. The Morgan fingerprint density at radius 2 is 2.12 bits per heavy atom. The quantitative estimate of drug-likeness (QED) is 0.884. The first-order valence-electron chi connectivity index (χ1n) is 8.38. The lowest BCUT2D eigenvalue weighted by atomic mass is 9.95. The van der Waals surface area contributed by atoms with Crippen molar-refractivity contribution in [2.75, 3.05) is 24.5 Å². The number of rotatable bonds is 4. The van der Waals surface area contributed by atoms with Crippen LogP contribution in [0.4, 0.5) is 5.82 Å². The van der Waals surface area contributed by atoms with Gasteiger partial charge in [-0.3, -0.25) is 4.79 Å². The van der Waals surface area contributed by atoms with Crippen LogP contribution in [0.5, 0.6) is 0 Å². The molecule has 2 aromatic heterocycles. The van der Waals surface area contributed by atoms with Crippen molar-refractivity contribution in [3.8, 4) is 0 Å². The second-order valence-corrected chi connectivity index (χ2v) is 7.72. The summed E-state index contributed by atoms with van der Waals surface area (Å²) in [6, 6.07) is 0. The second kappa shape index (κ2) is 7.03. The van der Waals surface area contributed by atoms with E-state index in [1.54, 1.807) is 24.6 Å². The fraction of sp³-hybridized carbons (Fsp3) is 0.588. The zero-order valence-corrected chi connectivity index (χ0v) is 15.2. The zero-order chi connectivity index (χ0) is 17.3. The molecule has 24 heavy (non-hydrogen) atoms. The summed E-state index contributed by atoms with van der Waals surface area (Å²) in [6.45, 7) is 7.86. The standard InChI is InChI=1S/C17H24N4O2S/c1-10(22)8-18-16(23)13-4-6-21(7-5-13)15-14-11(2)12(3)24-17(14)20-9-19-15/h9-10,13,22H,4-8H2,1-3H3,(H,18,23). The number of piperidine rings is 1. The molecule has 7 heteroatoms. The molecule has 1 aliphatic rings. The van der Waals surface area contributed by atoms with Crippen molar-refractivity contribution in [2.45, 2.75) is 39.7 Å². The van der Waals surface area contributed by atoms with E-state index in [1.165, 1.54) is 10.4 Å². The van der Waals surface area contributed by atoms with Gasteiger partial charge in [0.1, 0.15) is 17.0 Å². The number of fused-ring (bicyclic) bond motifs is 1. The Kier molecular flexibility index (Phi) is 5.01. The summed E-state index contributed by atoms with van der Waals surface area (Å²) in [7, 11) is 0. The number of aliphatic hydroxyl groups is 1. The van der Waals surface area contributed by atoms with Crippen LogP contribution in [0.2, 0.25) is 0 Å². The molecule has 3 rings (SSSR count). The van der Waals surface area contributed by atoms with Gasteiger partial charge in [0.15, 0.2) is 0 Å². The lowest BCUT2D eigenvalue weighted by Gasteiger charge is -2.32. The zero-order valence-electron chi connectivity index (χ0n) is 14.4. The first-order chi connectivity index (χ1) is 11.5. The van der Waals surface area contributed by atoms with E-state index in [0.717, 1.165) is 42.0 Å². The molecular formula is C17H24N4O2S. The van der Waals surface area contributed by atoms with E-state index in [4.69, 9.17) is 0 Å². The Balaban J connectivity index is 1.70. The van der Waals surface area contributed by atoms with Crippen molar-refractivity contribution >= 4 is 33.3 Å². The van der Waals surface area contributed by atoms with Gasteiger partial charge in [-0.05, 0) is 39.2 Å². The van der Waals surface area contributed by atoms with Gasteiger partial charge in [0.25, 0.3) is 0 Å². The van der Waals surface area contributed by atoms with Gasteiger partial charge in [0.2, 0.25) is 5.91 Å². The molecular weight excluding hydrogens is 324 g/mol. The first-order valence-corrected chi connectivity index (χ1v) is 9.20. The summed E-state index contributed by atoms with van der Waals surface area (Å²) >= 11 is 1.71. The smallest absolute Gasteiger partial charge is 0.223 e. The molecule has 1 amide bonds. The van der Waals surface area contributed by atoms with Crippen molar-refractivity contribution in [3.63, 3.8) is 0 Å². The minimum Gasteiger partial charge on any atom is -0.392 e. The number of hydrogen-bond acceptors (Lipinski definition) is 6. The summed E-state index contributed by atoms with van der Waals surface area (Å²) in [5.41, 5.74) is 1.25. The third kappa shape index (κ3) is 3.37. The monoisotopic (exact) mass is 348 g/mol. The molecule has 0 spiro atoms. The van der Waals surface area contributed by atoms with Crippen LogP contribution >= 0.6 is 11.3 Å². The Hall–Kier alpha value is -1.73. The van der Waals surface area contributed by atoms with Gasteiger partial charge in [-0.25, -0.2) is 9.97 Å². The fourth-order valence-corrected chi connectivity index (χ4v) is 4.14. The van der Waals surface area contributed by atoms with Gasteiger partial charge >= 0.3 is 0 Å². The van der Waals surface area contributed by atoms with Crippen LogP contribution in [0, 0.1) is 19.8 Å². The highest BCUT2D eigenvalue weighted by atomic mass is 32.1. The highest BCUT2D eigenvalue weighted by Crippen LogP contribution is 2.35. The van der Waals surface area contributed by atoms with E-state index < -0.39 is 6.10 Å². The van der Waals surface area contributed by atoms with Gasteiger partial charge in [-0.1, -0.05) is 0 Å². The van der Waals surface area contributed by atoms with E-state index in [1.807, 2.05) is 0 Å². The van der Waals surface area contributed by atoms with Crippen LogP contribution in [0.1, 0.15) is 30.2 Å². The largest absolute Gasteiger partial charge is 0.392 e. The van der Waals surface area contributed by atoms with Crippen molar-refractivity contribution in [1.29, 1.82) is 0 Å². The predicted octanol–water partition coefficient (Wildman–Crippen LogP) is 2.02. The lowest BCUT2D eigenvalue weighted by Crippen LogP contribution is -2.42. The summed E-state index contributed by atoms with van der Waals surface area (Å²) in [5, 5.41) is 13.2. The predicted molar refractivity (Wildman–Crippen MR) is 96.5 cm³/mol. The summed E-state index contributed by atoms with van der Waals surface area (Å²) in [4.78, 5) is 25.6. The molecule has 0 aliphatic carbocycles. The first kappa shape index (κ1) is 17.1. The minimum atomic E-state index is -0.506. The number of aryl methyl sites for hydroxylation is 2. The van der Waals surface area contributed by atoms with Gasteiger partial charge in [0.05, 0.1) is 11.5 Å². The molecule has 1 aliphatic heterocycles. The minimum absolute atomic E-state index is 0.0163. The lowest BCUT2D eigenvalue weighted by molar-refractivity contribution is -0.126. The topological polar surface area (TPSA) is 78.4 Å². The number of anilines is 1. The van der Waals surface area contributed by atoms with Crippen molar-refractivity contribution < 1.29 is 9.90 Å². The Morgan fingerprint density at radius 3 is 2.79 bits per heavy atom. The molecule has 0 saturated carbocycles. The highest BCUT2D eigenvalue weighted by Gasteiger charge is 2.27. The molecule has 1 atom stereocenters. The average Bonchev–Trinajstić information content (AvgIpc) is 2.87. The maximum Gasteiger partial charge on any atom is 0.223 e. The molecule has 3 heterocycles. The van der Waals surface area contributed by atoms with Crippen molar-refractivity contribution in [3.05, 3.63) is 16.8 Å². The summed E-state index contributed by atoms with van der Waals surface area (Å²) in [5.74, 6) is 1.05. The molecule has 2 aromatic rings. The number of thiophene rings is 1. The van der Waals surface area contributed by atoms with Gasteiger partial charge in [-0.15, -0.1) is 11.3 Å². The Bertz CT molecular complexity index is 736. The fourth-order valence-electron chi connectivity index (χ4n) is 3.15. The molecule has 0 bridgehead atoms. The number of aliphatic hydroxyl groups excluding tert-OH is 1. The number of hydrogen-bond donors (Lipinski definition) is 2. The molecule has 0 radical (unpaired) electrons. The molecule has 130 valence electrons. The molecule has 1 saturated heterocycles. The highest BCUT2D eigenvalue weighted by molar-refractivity contribution is 7.18. The number of carbonyl (C=O) groups excluding carboxylic acids is 1. The van der Waals surface area contributed by atoms with E-state index >= 15 is 0 Å². The van der Waals surface area contributed by atoms with Crippen LogP contribution in [0.15, 0.2) is 6.33 Å².